The van der Waals surface area contributed by atoms with Gasteiger partial charge in [0, 0.05) is 31.3 Å². The second kappa shape index (κ2) is 7.59. The minimum absolute atomic E-state index is 0.109. The summed E-state index contributed by atoms with van der Waals surface area (Å²) in [5, 5.41) is 7.24. The Labute approximate surface area is 127 Å². The lowest BCUT2D eigenvalue weighted by Gasteiger charge is -2.27. The summed E-state index contributed by atoms with van der Waals surface area (Å²) in [6.45, 7) is 2.63. The lowest BCUT2D eigenvalue weighted by Crippen LogP contribution is -2.27. The van der Waals surface area contributed by atoms with Crippen molar-refractivity contribution in [3.8, 4) is 0 Å². The van der Waals surface area contributed by atoms with Crippen molar-refractivity contribution in [2.24, 2.45) is 24.6 Å². The van der Waals surface area contributed by atoms with Crippen molar-refractivity contribution in [1.82, 2.24) is 9.78 Å². The molecule has 0 aliphatic heterocycles. The topological polar surface area (TPSA) is 72.9 Å². The lowest BCUT2D eigenvalue weighted by atomic mass is 9.79. The third-order valence-corrected chi connectivity index (χ3v) is 4.55. The molecule has 0 atom stereocenters. The highest BCUT2D eigenvalue weighted by Gasteiger charge is 2.26. The Morgan fingerprint density at radius 1 is 1.43 bits per heavy atom. The molecule has 5 heteroatoms. The number of amides is 1. The molecule has 1 heterocycles. The molecule has 1 fully saturated rings. The van der Waals surface area contributed by atoms with Gasteiger partial charge in [-0.15, -0.1) is 0 Å². The van der Waals surface area contributed by atoms with Crippen molar-refractivity contribution in [2.75, 3.05) is 5.32 Å². The van der Waals surface area contributed by atoms with E-state index in [1.807, 2.05) is 13.2 Å². The van der Waals surface area contributed by atoms with E-state index in [-0.39, 0.29) is 11.8 Å². The lowest BCUT2D eigenvalue weighted by molar-refractivity contribution is -0.121. The molecule has 0 spiro atoms. The SMILES string of the molecule is CCCCC1CCC(C(=O)Nc2nn(C)cc2CN)CC1. The van der Waals surface area contributed by atoms with Gasteiger partial charge in [0.2, 0.25) is 5.91 Å². The second-order valence-electron chi connectivity index (χ2n) is 6.23. The standard InChI is InChI=1S/C16H28N4O/c1-3-4-5-12-6-8-13(9-7-12)16(21)18-15-14(10-17)11-20(2)19-15/h11-13H,3-10,17H2,1-2H3,(H,18,19,21). The Morgan fingerprint density at radius 3 is 2.76 bits per heavy atom. The zero-order valence-corrected chi connectivity index (χ0v) is 13.3. The van der Waals surface area contributed by atoms with Crippen LogP contribution < -0.4 is 11.1 Å². The second-order valence-corrected chi connectivity index (χ2v) is 6.23. The van der Waals surface area contributed by atoms with Crippen LogP contribution in [0.15, 0.2) is 6.20 Å². The van der Waals surface area contributed by atoms with Crippen LogP contribution in [0.4, 0.5) is 5.82 Å². The molecule has 1 aliphatic rings. The van der Waals surface area contributed by atoms with Gasteiger partial charge in [0.15, 0.2) is 5.82 Å². The number of anilines is 1. The van der Waals surface area contributed by atoms with Gasteiger partial charge in [-0.3, -0.25) is 9.48 Å². The van der Waals surface area contributed by atoms with Crippen LogP contribution in [0.1, 0.15) is 57.4 Å². The first-order valence-corrected chi connectivity index (χ1v) is 8.17. The number of carbonyl (C=O) groups is 1. The summed E-state index contributed by atoms with van der Waals surface area (Å²) in [4.78, 5) is 12.4. The average molecular weight is 292 g/mol. The van der Waals surface area contributed by atoms with E-state index in [1.165, 1.54) is 32.1 Å². The Morgan fingerprint density at radius 2 is 2.14 bits per heavy atom. The van der Waals surface area contributed by atoms with Crippen LogP contribution in [0, 0.1) is 11.8 Å². The smallest absolute Gasteiger partial charge is 0.228 e. The molecule has 21 heavy (non-hydrogen) atoms. The molecule has 0 unspecified atom stereocenters. The molecule has 0 bridgehead atoms. The van der Waals surface area contributed by atoms with Gasteiger partial charge in [-0.1, -0.05) is 26.2 Å². The van der Waals surface area contributed by atoms with Crippen LogP contribution in [0.5, 0.6) is 0 Å². The highest BCUT2D eigenvalue weighted by atomic mass is 16.2. The van der Waals surface area contributed by atoms with Crippen molar-refractivity contribution >= 4 is 11.7 Å². The largest absolute Gasteiger partial charge is 0.326 e. The molecular weight excluding hydrogens is 264 g/mol. The summed E-state index contributed by atoms with van der Waals surface area (Å²) >= 11 is 0. The molecule has 1 amide bonds. The van der Waals surface area contributed by atoms with Gasteiger partial charge in [-0.05, 0) is 31.6 Å². The van der Waals surface area contributed by atoms with Gasteiger partial charge in [-0.25, -0.2) is 0 Å². The predicted molar refractivity (Wildman–Crippen MR) is 84.7 cm³/mol. The summed E-state index contributed by atoms with van der Waals surface area (Å²) in [5.41, 5.74) is 6.57. The number of carbonyl (C=O) groups excluding carboxylic acids is 1. The van der Waals surface area contributed by atoms with E-state index in [9.17, 15) is 4.79 Å². The van der Waals surface area contributed by atoms with Crippen LogP contribution in [0.2, 0.25) is 0 Å². The highest BCUT2D eigenvalue weighted by molar-refractivity contribution is 5.92. The van der Waals surface area contributed by atoms with Crippen molar-refractivity contribution < 1.29 is 4.79 Å². The fraction of sp³-hybridized carbons (Fsp3) is 0.750. The Balaban J connectivity index is 1.84. The van der Waals surface area contributed by atoms with Gasteiger partial charge in [-0.2, -0.15) is 5.10 Å². The van der Waals surface area contributed by atoms with Gasteiger partial charge in [0.25, 0.3) is 0 Å². The van der Waals surface area contributed by atoms with Crippen molar-refractivity contribution in [1.29, 1.82) is 0 Å². The normalized spacial score (nSPS) is 22.2. The van der Waals surface area contributed by atoms with Gasteiger partial charge < -0.3 is 11.1 Å². The van der Waals surface area contributed by atoms with Crippen LogP contribution in [-0.2, 0) is 18.4 Å². The van der Waals surface area contributed by atoms with Crippen LogP contribution in [0.3, 0.4) is 0 Å². The first kappa shape index (κ1) is 16.0. The number of aryl methyl sites for hydroxylation is 1. The molecule has 5 nitrogen and oxygen atoms in total. The summed E-state index contributed by atoms with van der Waals surface area (Å²) < 4.78 is 1.69. The molecule has 0 aromatic carbocycles. The van der Waals surface area contributed by atoms with E-state index in [0.29, 0.717) is 12.4 Å². The maximum absolute atomic E-state index is 12.4. The summed E-state index contributed by atoms with van der Waals surface area (Å²) in [7, 11) is 1.84. The van der Waals surface area contributed by atoms with Crippen molar-refractivity contribution in [2.45, 2.75) is 58.4 Å². The zero-order chi connectivity index (χ0) is 15.2. The number of hydrogen-bond acceptors (Lipinski definition) is 3. The summed E-state index contributed by atoms with van der Waals surface area (Å²) in [5.74, 6) is 1.69. The number of nitrogens with two attached hydrogens (primary N) is 1. The third-order valence-electron chi connectivity index (χ3n) is 4.55. The third kappa shape index (κ3) is 4.30. The zero-order valence-electron chi connectivity index (χ0n) is 13.3. The molecule has 1 aromatic heterocycles. The molecule has 1 saturated carbocycles. The Bertz CT molecular complexity index is 461. The maximum Gasteiger partial charge on any atom is 0.228 e. The minimum atomic E-state index is 0.109. The predicted octanol–water partition coefficient (Wildman–Crippen LogP) is 2.81. The number of rotatable bonds is 6. The fourth-order valence-corrected chi connectivity index (χ4v) is 3.22. The van der Waals surface area contributed by atoms with E-state index in [4.69, 9.17) is 5.73 Å². The molecule has 1 aliphatic carbocycles. The van der Waals surface area contributed by atoms with Gasteiger partial charge in [0.1, 0.15) is 0 Å². The Hall–Kier alpha value is -1.36. The number of nitrogens with zero attached hydrogens (tertiary/aromatic N) is 2. The molecule has 0 radical (unpaired) electrons. The highest BCUT2D eigenvalue weighted by Crippen LogP contribution is 2.32. The van der Waals surface area contributed by atoms with E-state index in [0.717, 1.165) is 24.3 Å². The van der Waals surface area contributed by atoms with Crippen LogP contribution in [-0.4, -0.2) is 15.7 Å². The average Bonchev–Trinajstić information content (AvgIpc) is 2.85. The molecule has 118 valence electrons. The monoisotopic (exact) mass is 292 g/mol. The molecule has 0 saturated heterocycles. The molecule has 2 rings (SSSR count). The van der Waals surface area contributed by atoms with E-state index >= 15 is 0 Å². The van der Waals surface area contributed by atoms with Crippen LogP contribution in [0.25, 0.3) is 0 Å². The molecular formula is C16H28N4O. The first-order valence-electron chi connectivity index (χ1n) is 8.17. The fourth-order valence-electron chi connectivity index (χ4n) is 3.22. The van der Waals surface area contributed by atoms with E-state index in [1.54, 1.807) is 4.68 Å². The summed E-state index contributed by atoms with van der Waals surface area (Å²) in [6.07, 6.45) is 10.1. The van der Waals surface area contributed by atoms with E-state index in [2.05, 4.69) is 17.3 Å². The van der Waals surface area contributed by atoms with Gasteiger partial charge >= 0.3 is 0 Å². The maximum atomic E-state index is 12.4. The molecule has 3 N–H and O–H groups in total. The number of unbranched alkanes of at least 4 members (excludes halogenated alkanes) is 1. The van der Waals surface area contributed by atoms with Crippen LogP contribution >= 0.6 is 0 Å². The summed E-state index contributed by atoms with van der Waals surface area (Å²) in [6, 6.07) is 0. The number of aromatic nitrogens is 2. The Kier molecular flexibility index (Phi) is 5.79. The van der Waals surface area contributed by atoms with Gasteiger partial charge in [0.05, 0.1) is 0 Å². The van der Waals surface area contributed by atoms with Crippen molar-refractivity contribution in [3.05, 3.63) is 11.8 Å². The van der Waals surface area contributed by atoms with E-state index < -0.39 is 0 Å². The molecule has 1 aromatic rings. The first-order chi connectivity index (χ1) is 10.1. The number of nitrogens with one attached hydrogen (secondary N) is 1. The minimum Gasteiger partial charge on any atom is -0.326 e. The number of hydrogen-bond donors (Lipinski definition) is 2. The van der Waals surface area contributed by atoms with Crippen molar-refractivity contribution in [3.63, 3.8) is 0 Å². The quantitative estimate of drug-likeness (QED) is 0.846.